The number of hydrogen-bond donors (Lipinski definition) is 2. The summed E-state index contributed by atoms with van der Waals surface area (Å²) in [6, 6.07) is 6.34. The van der Waals surface area contributed by atoms with Gasteiger partial charge in [-0.05, 0) is 24.3 Å². The molecule has 2 amide bonds. The Morgan fingerprint density at radius 2 is 0.696 bits per heavy atom. The van der Waals surface area contributed by atoms with Gasteiger partial charge in [0.15, 0.2) is 0 Å². The van der Waals surface area contributed by atoms with Crippen molar-refractivity contribution in [3.63, 3.8) is 0 Å². The number of benzene rings is 2. The van der Waals surface area contributed by atoms with Crippen LogP contribution >= 0.6 is 15.2 Å². The molecule has 0 unspecified atom stereocenters. The van der Waals surface area contributed by atoms with Crippen LogP contribution in [0.25, 0.3) is 0 Å². The number of halogens is 4. The van der Waals surface area contributed by atoms with Crippen LogP contribution in [0.4, 0.5) is 17.6 Å². The minimum Gasteiger partial charge on any atom is -0.278 e. The van der Waals surface area contributed by atoms with Crippen molar-refractivity contribution < 1.29 is 36.3 Å². The zero-order chi connectivity index (χ0) is 35.2. The molecule has 0 saturated heterocycles. The molecule has 0 aromatic heterocycles. The molecule has 0 aliphatic heterocycles. The van der Waals surface area contributed by atoms with Gasteiger partial charge in [0.2, 0.25) is 0 Å². The van der Waals surface area contributed by atoms with E-state index in [0.29, 0.717) is 52.4 Å². The number of rotatable bonds is 16. The molecule has 0 spiro atoms. The minimum atomic E-state index is -3.47. The molecule has 0 heterocycles. The van der Waals surface area contributed by atoms with Crippen molar-refractivity contribution in [2.75, 3.05) is 52.4 Å². The van der Waals surface area contributed by atoms with Gasteiger partial charge in [-0.15, -0.1) is 0 Å². The van der Waals surface area contributed by atoms with Crippen molar-refractivity contribution in [2.45, 2.75) is 55.4 Å². The van der Waals surface area contributed by atoms with Gasteiger partial charge in [0.05, 0.1) is 0 Å². The number of nitrogens with one attached hydrogen (secondary N) is 2. The Kier molecular flexibility index (Phi) is 17.4. The molecule has 0 radical (unpaired) electrons. The summed E-state index contributed by atoms with van der Waals surface area (Å²) in [4.78, 5) is 24.7. The van der Waals surface area contributed by atoms with Crippen molar-refractivity contribution in [3.05, 3.63) is 70.8 Å². The average Bonchev–Trinajstić information content (AvgIpc) is 2.99. The first-order chi connectivity index (χ1) is 21.7. The van der Waals surface area contributed by atoms with Crippen LogP contribution in [-0.4, -0.2) is 82.9 Å². The molecular formula is C30H48F4N6O4P2. The van der Waals surface area contributed by atoms with Gasteiger partial charge < -0.3 is 0 Å². The van der Waals surface area contributed by atoms with Crippen molar-refractivity contribution in [2.24, 2.45) is 0 Å². The molecule has 2 aromatic carbocycles. The number of nitrogens with zero attached hydrogens (tertiary/aromatic N) is 4. The maximum Gasteiger partial charge on any atom is 0.310 e. The van der Waals surface area contributed by atoms with E-state index in [0.717, 1.165) is 24.3 Å². The largest absolute Gasteiger partial charge is 0.310 e. The van der Waals surface area contributed by atoms with Crippen LogP contribution in [0.1, 0.15) is 76.1 Å². The molecule has 0 saturated carbocycles. The maximum atomic E-state index is 13.8. The third-order valence-electron chi connectivity index (χ3n) is 7.33. The highest BCUT2D eigenvalue weighted by molar-refractivity contribution is 7.58. The normalized spacial score (nSPS) is 12.0. The van der Waals surface area contributed by atoms with Crippen LogP contribution in [0, 0.1) is 23.3 Å². The van der Waals surface area contributed by atoms with E-state index in [1.54, 1.807) is 18.7 Å². The maximum absolute atomic E-state index is 13.8. The van der Waals surface area contributed by atoms with E-state index in [-0.39, 0.29) is 0 Å². The van der Waals surface area contributed by atoms with Crippen LogP contribution in [-0.2, 0) is 9.13 Å². The Balaban J connectivity index is 0.000000460. The van der Waals surface area contributed by atoms with Crippen LogP contribution < -0.4 is 10.2 Å². The standard InChI is InChI=1S/2C15H24F2N3O2P/c2*1-5-19(6-2)23(22,20(7-3)8-4)18-15(21)14-12(16)10-9-11-13(14)17/h2*9-11H,5-8H2,1-4H3,(H,18,21,22). The second-order valence-corrected chi connectivity index (χ2v) is 14.6. The molecule has 0 bridgehead atoms. The van der Waals surface area contributed by atoms with Crippen molar-refractivity contribution in [1.82, 2.24) is 28.9 Å². The molecule has 2 N–H and O–H groups in total. The van der Waals surface area contributed by atoms with Crippen molar-refractivity contribution in [3.8, 4) is 0 Å². The zero-order valence-electron chi connectivity index (χ0n) is 27.9. The monoisotopic (exact) mass is 694 g/mol. The lowest BCUT2D eigenvalue weighted by Gasteiger charge is -2.37. The second kappa shape index (κ2) is 19.3. The molecule has 0 atom stereocenters. The van der Waals surface area contributed by atoms with Gasteiger partial charge in [-0.3, -0.25) is 28.9 Å². The Bertz CT molecular complexity index is 1210. The predicted molar refractivity (Wildman–Crippen MR) is 175 cm³/mol. The average molecular weight is 695 g/mol. The van der Waals surface area contributed by atoms with E-state index < -0.39 is 61.4 Å². The molecule has 2 aromatic rings. The zero-order valence-corrected chi connectivity index (χ0v) is 29.7. The quantitative estimate of drug-likeness (QED) is 0.143. The van der Waals surface area contributed by atoms with Gasteiger partial charge in [0.25, 0.3) is 11.8 Å². The molecule has 0 aliphatic carbocycles. The van der Waals surface area contributed by atoms with E-state index in [1.165, 1.54) is 12.1 Å². The van der Waals surface area contributed by atoms with Gasteiger partial charge in [0, 0.05) is 52.4 Å². The highest BCUT2D eigenvalue weighted by atomic mass is 31.2. The highest BCUT2D eigenvalue weighted by Gasteiger charge is 2.38. The van der Waals surface area contributed by atoms with E-state index in [2.05, 4.69) is 10.2 Å². The molecule has 46 heavy (non-hydrogen) atoms. The van der Waals surface area contributed by atoms with Gasteiger partial charge in [-0.1, -0.05) is 67.5 Å². The fraction of sp³-hybridized carbons (Fsp3) is 0.533. The third kappa shape index (κ3) is 9.71. The van der Waals surface area contributed by atoms with E-state index in [1.807, 2.05) is 55.4 Å². The van der Waals surface area contributed by atoms with E-state index >= 15 is 0 Å². The highest BCUT2D eigenvalue weighted by Crippen LogP contribution is 2.50. The molecule has 0 aliphatic rings. The summed E-state index contributed by atoms with van der Waals surface area (Å²) in [7, 11) is -6.93. The van der Waals surface area contributed by atoms with Crippen LogP contribution in [0.3, 0.4) is 0 Å². The molecule has 2 rings (SSSR count). The second-order valence-electron chi connectivity index (χ2n) is 9.72. The minimum absolute atomic E-state index is 0.435. The van der Waals surface area contributed by atoms with Gasteiger partial charge >= 0.3 is 15.2 Å². The Labute approximate surface area is 270 Å². The van der Waals surface area contributed by atoms with Gasteiger partial charge in [0.1, 0.15) is 34.4 Å². The lowest BCUT2D eigenvalue weighted by atomic mass is 10.2. The Morgan fingerprint density at radius 3 is 0.870 bits per heavy atom. The first-order valence-corrected chi connectivity index (χ1v) is 18.7. The first kappa shape index (κ1) is 41.4. The number of carbonyl (C=O) groups excluding carboxylic acids is 2. The number of carbonyl (C=O) groups is 2. The molecule has 10 nitrogen and oxygen atoms in total. The molecule has 16 heteroatoms. The Morgan fingerprint density at radius 1 is 0.500 bits per heavy atom. The molecular weight excluding hydrogens is 646 g/mol. The summed E-state index contributed by atoms with van der Waals surface area (Å²) < 4.78 is 88.4. The van der Waals surface area contributed by atoms with Crippen molar-refractivity contribution >= 4 is 27.0 Å². The summed E-state index contributed by atoms with van der Waals surface area (Å²) in [5.41, 5.74) is -1.43. The summed E-state index contributed by atoms with van der Waals surface area (Å²) in [6.07, 6.45) is 0. The molecule has 260 valence electrons. The fourth-order valence-electron chi connectivity index (χ4n) is 4.87. The van der Waals surface area contributed by atoms with E-state index in [9.17, 15) is 36.3 Å². The van der Waals surface area contributed by atoms with Crippen molar-refractivity contribution in [1.29, 1.82) is 0 Å². The first-order valence-electron chi connectivity index (χ1n) is 15.5. The number of hydrogen-bond acceptors (Lipinski definition) is 4. The summed E-state index contributed by atoms with van der Waals surface area (Å²) >= 11 is 0. The van der Waals surface area contributed by atoms with Gasteiger partial charge in [-0.2, -0.15) is 0 Å². The molecule has 0 fully saturated rings. The van der Waals surface area contributed by atoms with Gasteiger partial charge in [-0.25, -0.2) is 36.2 Å². The summed E-state index contributed by atoms with van der Waals surface area (Å²) in [5, 5.41) is 4.77. The van der Waals surface area contributed by atoms with Crippen LogP contribution in [0.2, 0.25) is 0 Å². The topological polar surface area (TPSA) is 105 Å². The summed E-state index contributed by atoms with van der Waals surface area (Å²) in [5.74, 6) is -5.94. The fourth-order valence-corrected chi connectivity index (χ4v) is 9.98. The SMILES string of the molecule is CCN(CC)P(=O)(NC(=O)c1c(F)cccc1F)N(CC)CC.CCN(CC)P(=O)(NC(=O)c1c(F)cccc1F)N(CC)CC. The predicted octanol–water partition coefficient (Wildman–Crippen LogP) is 6.97. The Hall–Kier alpha value is -2.60. The van der Waals surface area contributed by atoms with E-state index in [4.69, 9.17) is 0 Å². The summed E-state index contributed by atoms with van der Waals surface area (Å²) in [6.45, 7) is 18.0. The lowest BCUT2D eigenvalue weighted by molar-refractivity contribution is 0.0956. The van der Waals surface area contributed by atoms with Crippen LogP contribution in [0.15, 0.2) is 36.4 Å². The third-order valence-corrected chi connectivity index (χ3v) is 13.6. The number of amides is 2. The smallest absolute Gasteiger partial charge is 0.278 e. The van der Waals surface area contributed by atoms with Crippen LogP contribution in [0.5, 0.6) is 0 Å². The lowest BCUT2D eigenvalue weighted by Crippen LogP contribution is -2.41.